The summed E-state index contributed by atoms with van der Waals surface area (Å²) in [4.78, 5) is 55.5. The van der Waals surface area contributed by atoms with Crippen LogP contribution in [0, 0.1) is 0 Å². The molecule has 0 unspecified atom stereocenters. The van der Waals surface area contributed by atoms with Crippen molar-refractivity contribution in [2.24, 2.45) is 0 Å². The molecule has 1 aliphatic rings. The van der Waals surface area contributed by atoms with Crippen LogP contribution in [-0.2, 0) is 22.9 Å². The van der Waals surface area contributed by atoms with E-state index in [4.69, 9.17) is 4.74 Å². The van der Waals surface area contributed by atoms with Crippen LogP contribution in [-0.4, -0.2) is 45.4 Å². The van der Waals surface area contributed by atoms with Gasteiger partial charge in [0.05, 0.1) is 34.7 Å². The molecular formula is C12H17N5Na4O9P2. The summed E-state index contributed by atoms with van der Waals surface area (Å²) in [6.45, 7) is -0.811. The van der Waals surface area contributed by atoms with Crippen molar-refractivity contribution < 1.29 is 161 Å². The number of rotatable bonds is 7. The zero-order valence-electron chi connectivity index (χ0n) is 17.7. The van der Waals surface area contributed by atoms with Gasteiger partial charge in [-0.15, -0.1) is 0 Å². The van der Waals surface area contributed by atoms with Gasteiger partial charge in [0.15, 0.2) is 11.5 Å². The van der Waals surface area contributed by atoms with Gasteiger partial charge in [-0.05, 0) is 0 Å². The van der Waals surface area contributed by atoms with Gasteiger partial charge in [-0.1, -0.05) is 7.43 Å². The molecule has 20 heteroatoms. The molecule has 2 aromatic rings. The Morgan fingerprint density at radius 1 is 1.12 bits per heavy atom. The molecule has 158 valence electrons. The maximum Gasteiger partial charge on any atom is 1.00 e. The first kappa shape index (κ1) is 39.0. The van der Waals surface area contributed by atoms with Crippen LogP contribution in [0.25, 0.3) is 11.2 Å². The molecule has 0 amide bonds. The van der Waals surface area contributed by atoms with E-state index >= 15 is 0 Å². The summed E-state index contributed by atoms with van der Waals surface area (Å²) in [6, 6.07) is 0. The monoisotopic (exact) mass is 529 g/mol. The zero-order chi connectivity index (χ0) is 19.8. The standard InChI is InChI=1S/C11H17N5O9P2.CH4.4Na/c1-12-10-9-11(14-4-13-10)16(5-15-9)8-2-6(25-27(20,21)22)7(24-8)3-23-26(17,18)19;;;;;/h4-8H,2-3H2,1H3,(H,12,13,14)(H2,17,18,19)(H2,20,21,22);1H4;;;;/q;;4*+1/p-4/t6-,7+,8+;;;;;/m0...../s1. The van der Waals surface area contributed by atoms with Crippen molar-refractivity contribution in [1.82, 2.24) is 19.5 Å². The number of ether oxygens (including phenoxy) is 1. The van der Waals surface area contributed by atoms with Crippen molar-refractivity contribution in [2.45, 2.75) is 32.3 Å². The van der Waals surface area contributed by atoms with Gasteiger partial charge in [0, 0.05) is 13.5 Å². The second-order valence-corrected chi connectivity index (χ2v) is 7.75. The Balaban J connectivity index is -0.00000168. The number of hydrogen-bond acceptors (Lipinski definition) is 13. The number of nitrogens with zero attached hydrogens (tertiary/aromatic N) is 4. The van der Waals surface area contributed by atoms with Crippen LogP contribution in [0.1, 0.15) is 20.1 Å². The maximum absolute atomic E-state index is 11.0. The van der Waals surface area contributed by atoms with E-state index in [0.29, 0.717) is 17.0 Å². The molecular weight excluding hydrogens is 512 g/mol. The summed E-state index contributed by atoms with van der Waals surface area (Å²) < 4.78 is 37.2. The number of hydrogen-bond donors (Lipinski definition) is 1. The van der Waals surface area contributed by atoms with E-state index in [9.17, 15) is 28.7 Å². The normalized spacial score (nSPS) is 20.1. The van der Waals surface area contributed by atoms with Crippen LogP contribution >= 0.6 is 15.6 Å². The minimum Gasteiger partial charge on any atom is -0.790 e. The van der Waals surface area contributed by atoms with Gasteiger partial charge < -0.3 is 47.8 Å². The number of fused-ring (bicyclic) bond motifs is 1. The molecule has 1 fully saturated rings. The smallest absolute Gasteiger partial charge is 0.790 e. The molecule has 3 heterocycles. The van der Waals surface area contributed by atoms with E-state index in [2.05, 4.69) is 29.3 Å². The maximum atomic E-state index is 11.0. The Hall–Kier alpha value is 2.53. The van der Waals surface area contributed by atoms with Crippen LogP contribution in [0.15, 0.2) is 12.7 Å². The molecule has 0 spiro atoms. The van der Waals surface area contributed by atoms with Crippen LogP contribution in [0.5, 0.6) is 0 Å². The number of anilines is 1. The van der Waals surface area contributed by atoms with Crippen LogP contribution in [0.4, 0.5) is 5.82 Å². The van der Waals surface area contributed by atoms with E-state index in [1.165, 1.54) is 17.2 Å². The quantitative estimate of drug-likeness (QED) is 0.261. The Morgan fingerprint density at radius 2 is 1.75 bits per heavy atom. The summed E-state index contributed by atoms with van der Waals surface area (Å²) in [5.74, 6) is 0.437. The Labute approximate surface area is 273 Å². The van der Waals surface area contributed by atoms with Gasteiger partial charge in [-0.2, -0.15) is 0 Å². The fourth-order valence-corrected chi connectivity index (χ4v) is 3.59. The van der Waals surface area contributed by atoms with E-state index in [-0.39, 0.29) is 132 Å². The van der Waals surface area contributed by atoms with Crippen LogP contribution in [0.2, 0.25) is 0 Å². The van der Waals surface area contributed by atoms with Crippen molar-refractivity contribution in [3.8, 4) is 0 Å². The minimum atomic E-state index is -5.40. The molecule has 0 bridgehead atoms. The number of phosphoric ester groups is 2. The van der Waals surface area contributed by atoms with Crippen molar-refractivity contribution in [2.75, 3.05) is 19.0 Å². The first-order chi connectivity index (χ1) is 12.6. The summed E-state index contributed by atoms with van der Waals surface area (Å²) in [5.41, 5.74) is 0.744. The summed E-state index contributed by atoms with van der Waals surface area (Å²) in [7, 11) is -9.10. The molecule has 14 nitrogen and oxygen atoms in total. The third-order valence-electron chi connectivity index (χ3n) is 3.75. The number of nitrogens with one attached hydrogen (secondary N) is 1. The van der Waals surface area contributed by atoms with Crippen LogP contribution in [0.3, 0.4) is 0 Å². The average Bonchev–Trinajstić information content (AvgIpc) is 3.14. The molecule has 3 atom stereocenters. The topological polar surface area (TPSA) is 210 Å². The average molecular weight is 529 g/mol. The minimum absolute atomic E-state index is 0. The van der Waals surface area contributed by atoms with Crippen molar-refractivity contribution >= 4 is 32.6 Å². The SMILES string of the molecule is C.CNc1ncnc2c1ncn2[C@H]1C[C@H](OP(=O)([O-])[O-])[C@@H](COP(=O)([O-])[O-])O1.[Na+].[Na+].[Na+].[Na+]. The number of imidazole rings is 1. The van der Waals surface area contributed by atoms with Gasteiger partial charge >= 0.3 is 118 Å². The van der Waals surface area contributed by atoms with Gasteiger partial charge in [0.1, 0.15) is 24.2 Å². The molecule has 0 aromatic carbocycles. The summed E-state index contributed by atoms with van der Waals surface area (Å²) >= 11 is 0. The fraction of sp³-hybridized carbons (Fsp3) is 0.583. The molecule has 1 aliphatic heterocycles. The molecule has 1 saturated heterocycles. The van der Waals surface area contributed by atoms with E-state index in [1.54, 1.807) is 7.05 Å². The largest absolute Gasteiger partial charge is 1.00 e. The summed E-state index contributed by atoms with van der Waals surface area (Å²) in [6.07, 6.45) is -1.10. The third kappa shape index (κ3) is 10.9. The molecule has 2 aromatic heterocycles. The molecule has 0 aliphatic carbocycles. The van der Waals surface area contributed by atoms with Crippen LogP contribution < -0.4 is 143 Å². The summed E-state index contributed by atoms with van der Waals surface area (Å²) in [5, 5.41) is 2.83. The van der Waals surface area contributed by atoms with Gasteiger partial charge in [0.25, 0.3) is 0 Å². The van der Waals surface area contributed by atoms with E-state index in [0.717, 1.165) is 0 Å². The van der Waals surface area contributed by atoms with Crippen molar-refractivity contribution in [3.05, 3.63) is 12.7 Å². The van der Waals surface area contributed by atoms with E-state index < -0.39 is 40.7 Å². The molecule has 0 radical (unpaired) electrons. The zero-order valence-corrected chi connectivity index (χ0v) is 27.4. The first-order valence-corrected chi connectivity index (χ1v) is 10.4. The second-order valence-electron chi connectivity index (χ2n) is 5.50. The van der Waals surface area contributed by atoms with Gasteiger partial charge in [-0.25, -0.2) is 15.0 Å². The third-order valence-corrected chi connectivity index (χ3v) is 4.74. The molecule has 0 saturated carbocycles. The molecule has 32 heavy (non-hydrogen) atoms. The Morgan fingerprint density at radius 3 is 2.28 bits per heavy atom. The fourth-order valence-electron chi connectivity index (χ4n) is 2.71. The predicted molar refractivity (Wildman–Crippen MR) is 86.2 cm³/mol. The van der Waals surface area contributed by atoms with Crippen molar-refractivity contribution in [1.29, 1.82) is 0 Å². The number of phosphoric acid groups is 2. The Bertz CT molecular complexity index is 929. The second kappa shape index (κ2) is 16.4. The number of aromatic nitrogens is 4. The van der Waals surface area contributed by atoms with Gasteiger partial charge in [-0.3, -0.25) is 4.57 Å². The van der Waals surface area contributed by atoms with E-state index in [1.807, 2.05) is 0 Å². The van der Waals surface area contributed by atoms with Gasteiger partial charge in [0.2, 0.25) is 0 Å². The molecule has 1 N–H and O–H groups in total. The van der Waals surface area contributed by atoms with Crippen molar-refractivity contribution in [3.63, 3.8) is 0 Å². The first-order valence-electron chi connectivity index (χ1n) is 7.45. The predicted octanol–water partition coefficient (Wildman–Crippen LogP) is -14.1. The molecule has 3 rings (SSSR count). The Kier molecular flexibility index (Phi) is 20.0.